The van der Waals surface area contributed by atoms with Crippen LogP contribution >= 0.6 is 0 Å². The van der Waals surface area contributed by atoms with Crippen molar-refractivity contribution in [1.82, 2.24) is 0 Å². The third-order valence-corrected chi connectivity index (χ3v) is 6.98. The van der Waals surface area contributed by atoms with Crippen molar-refractivity contribution in [3.05, 3.63) is 35.9 Å². The number of methoxy groups -OCH3 is 4. The lowest BCUT2D eigenvalue weighted by Gasteiger charge is -2.27. The van der Waals surface area contributed by atoms with Gasteiger partial charge in [-0.2, -0.15) is 0 Å². The Labute approximate surface area is 159 Å². The van der Waals surface area contributed by atoms with E-state index in [1.165, 1.54) is 40.6 Å². The zero-order chi connectivity index (χ0) is 20.4. The van der Waals surface area contributed by atoms with Crippen LogP contribution in [0.3, 0.4) is 0 Å². The number of hydrogen-bond donors (Lipinski definition) is 1. The fourth-order valence-electron chi connectivity index (χ4n) is 2.77. The lowest BCUT2D eigenvalue weighted by Crippen LogP contribution is -2.29. The van der Waals surface area contributed by atoms with Gasteiger partial charge in [-0.05, 0) is 31.5 Å². The maximum Gasteiger partial charge on any atom is 0.203 e. The minimum Gasteiger partial charge on any atom is -0.495 e. The molecule has 148 valence electrons. The maximum atomic E-state index is 13.4. The zero-order valence-electron chi connectivity index (χ0n) is 16.3. The summed E-state index contributed by atoms with van der Waals surface area (Å²) in [6.07, 6.45) is 0. The summed E-state index contributed by atoms with van der Waals surface area (Å²) in [4.78, 5) is 0.0522. The fourth-order valence-corrected chi connectivity index (χ4v) is 4.32. The molecule has 0 aromatic heterocycles. The van der Waals surface area contributed by atoms with Crippen molar-refractivity contribution in [3.63, 3.8) is 0 Å². The number of anilines is 1. The van der Waals surface area contributed by atoms with Gasteiger partial charge in [-0.15, -0.1) is 0 Å². The van der Waals surface area contributed by atoms with Crippen LogP contribution in [0.15, 0.2) is 35.2 Å². The highest BCUT2D eigenvalue weighted by atomic mass is 32.2. The highest BCUT2D eigenvalue weighted by Crippen LogP contribution is 2.44. The zero-order valence-corrected chi connectivity index (χ0v) is 17.1. The van der Waals surface area contributed by atoms with Crippen LogP contribution in [0.5, 0.6) is 23.0 Å². The van der Waals surface area contributed by atoms with Gasteiger partial charge in [0, 0.05) is 12.1 Å². The van der Waals surface area contributed by atoms with Gasteiger partial charge in [0.05, 0.1) is 43.8 Å². The number of nitrogens with two attached hydrogens (primary N) is 1. The number of hydrogen-bond acceptors (Lipinski definition) is 7. The summed E-state index contributed by atoms with van der Waals surface area (Å²) in [7, 11) is 2.00. The van der Waals surface area contributed by atoms with Crippen LogP contribution in [-0.2, 0) is 14.6 Å². The fraction of sp³-hybridized carbons (Fsp3) is 0.368. The van der Waals surface area contributed by atoms with E-state index >= 15 is 0 Å². The predicted octanol–water partition coefficient (Wildman–Crippen LogP) is 3.01. The molecule has 0 saturated heterocycles. The molecule has 0 spiro atoms. The van der Waals surface area contributed by atoms with Crippen molar-refractivity contribution >= 4 is 15.5 Å². The molecular weight excluding hydrogens is 370 g/mol. The Morgan fingerprint density at radius 1 is 0.815 bits per heavy atom. The number of ether oxygens (including phenoxy) is 4. The Morgan fingerprint density at radius 2 is 1.33 bits per heavy atom. The third kappa shape index (κ3) is 3.49. The summed E-state index contributed by atoms with van der Waals surface area (Å²) in [5.41, 5.74) is 6.86. The van der Waals surface area contributed by atoms with Gasteiger partial charge in [0.25, 0.3) is 0 Å². The molecule has 0 aliphatic rings. The van der Waals surface area contributed by atoms with Crippen LogP contribution in [0, 0.1) is 0 Å². The third-order valence-electron chi connectivity index (χ3n) is 4.55. The van der Waals surface area contributed by atoms with Gasteiger partial charge in [0.2, 0.25) is 5.75 Å². The molecule has 2 rings (SSSR count). The van der Waals surface area contributed by atoms with Crippen molar-refractivity contribution < 1.29 is 27.4 Å². The summed E-state index contributed by atoms with van der Waals surface area (Å²) in [6.45, 7) is 3.24. The Bertz CT molecular complexity index is 912. The second-order valence-electron chi connectivity index (χ2n) is 6.33. The molecule has 7 nitrogen and oxygen atoms in total. The van der Waals surface area contributed by atoms with Crippen molar-refractivity contribution in [2.45, 2.75) is 23.5 Å². The lowest BCUT2D eigenvalue weighted by atomic mass is 10.0. The Kier molecular flexibility index (Phi) is 5.79. The Morgan fingerprint density at radius 3 is 1.74 bits per heavy atom. The molecule has 2 aromatic carbocycles. The van der Waals surface area contributed by atoms with E-state index in [2.05, 4.69) is 0 Å². The molecule has 0 aliphatic carbocycles. The van der Waals surface area contributed by atoms with Crippen LogP contribution in [0.4, 0.5) is 5.69 Å². The maximum absolute atomic E-state index is 13.4. The first-order valence-corrected chi connectivity index (χ1v) is 9.61. The summed E-state index contributed by atoms with van der Waals surface area (Å²) >= 11 is 0. The van der Waals surface area contributed by atoms with Crippen LogP contribution in [0.25, 0.3) is 0 Å². The largest absolute Gasteiger partial charge is 0.495 e. The van der Waals surface area contributed by atoms with Gasteiger partial charge in [-0.25, -0.2) is 8.42 Å². The van der Waals surface area contributed by atoms with Crippen LogP contribution in [0.2, 0.25) is 0 Å². The molecule has 0 saturated carbocycles. The number of sulfone groups is 1. The minimum absolute atomic E-state index is 0.0522. The molecule has 0 atom stereocenters. The van der Waals surface area contributed by atoms with Crippen LogP contribution < -0.4 is 24.7 Å². The normalized spacial score (nSPS) is 11.8. The Hall–Kier alpha value is -2.61. The van der Waals surface area contributed by atoms with Gasteiger partial charge in [0.1, 0.15) is 5.75 Å². The first-order valence-electron chi connectivity index (χ1n) is 8.12. The minimum atomic E-state index is -3.83. The van der Waals surface area contributed by atoms with E-state index in [9.17, 15) is 8.42 Å². The standard InChI is InChI=1S/C19H25NO6S/c1-19(2,12-7-8-15(23-3)14(20)9-12)27(21,22)13-10-16(24-4)18(26-6)17(11-13)25-5/h7-11H,20H2,1-6H3. The van der Waals surface area contributed by atoms with E-state index in [0.717, 1.165) is 0 Å². The summed E-state index contributed by atoms with van der Waals surface area (Å²) in [5.74, 6) is 1.34. The SMILES string of the molecule is COc1ccc(C(C)(C)S(=O)(=O)c2cc(OC)c(OC)c(OC)c2)cc1N. The topological polar surface area (TPSA) is 97.1 Å². The molecule has 0 amide bonds. The van der Waals surface area contributed by atoms with Crippen LogP contribution in [-0.4, -0.2) is 36.9 Å². The molecule has 27 heavy (non-hydrogen) atoms. The van der Waals surface area contributed by atoms with Crippen molar-refractivity contribution in [3.8, 4) is 23.0 Å². The number of nitrogen functional groups attached to an aromatic ring is 1. The monoisotopic (exact) mass is 395 g/mol. The van der Waals surface area contributed by atoms with Gasteiger partial charge in [-0.1, -0.05) is 6.07 Å². The van der Waals surface area contributed by atoms with Crippen LogP contribution in [0.1, 0.15) is 19.4 Å². The molecular formula is C19H25NO6S. The highest BCUT2D eigenvalue weighted by Gasteiger charge is 2.39. The first kappa shape index (κ1) is 20.7. The number of benzene rings is 2. The van der Waals surface area contributed by atoms with Gasteiger partial charge in [0.15, 0.2) is 21.3 Å². The van der Waals surface area contributed by atoms with E-state index in [0.29, 0.717) is 22.7 Å². The molecule has 2 N–H and O–H groups in total. The molecule has 0 aliphatic heterocycles. The summed E-state index contributed by atoms with van der Waals surface area (Å²) < 4.78 is 46.6. The lowest BCUT2D eigenvalue weighted by molar-refractivity contribution is 0.322. The van der Waals surface area contributed by atoms with E-state index in [1.54, 1.807) is 32.0 Å². The van der Waals surface area contributed by atoms with Crippen molar-refractivity contribution in [2.24, 2.45) is 0 Å². The highest BCUT2D eigenvalue weighted by molar-refractivity contribution is 7.92. The molecule has 0 fully saturated rings. The van der Waals surface area contributed by atoms with Crippen molar-refractivity contribution in [1.29, 1.82) is 0 Å². The molecule has 0 bridgehead atoms. The van der Waals surface area contributed by atoms with Gasteiger partial charge < -0.3 is 24.7 Å². The Balaban J connectivity index is 2.65. The molecule has 0 radical (unpaired) electrons. The van der Waals surface area contributed by atoms with Crippen molar-refractivity contribution in [2.75, 3.05) is 34.2 Å². The quantitative estimate of drug-likeness (QED) is 0.720. The molecule has 2 aromatic rings. The summed E-state index contributed by atoms with van der Waals surface area (Å²) in [5, 5.41) is 0. The molecule has 0 unspecified atom stereocenters. The van der Waals surface area contributed by atoms with E-state index < -0.39 is 14.6 Å². The second kappa shape index (κ2) is 7.56. The molecule has 0 heterocycles. The average Bonchev–Trinajstić information content (AvgIpc) is 2.66. The summed E-state index contributed by atoms with van der Waals surface area (Å²) in [6, 6.07) is 7.78. The van der Waals surface area contributed by atoms with E-state index in [1.807, 2.05) is 0 Å². The van der Waals surface area contributed by atoms with E-state index in [4.69, 9.17) is 24.7 Å². The van der Waals surface area contributed by atoms with E-state index in [-0.39, 0.29) is 16.4 Å². The smallest absolute Gasteiger partial charge is 0.203 e. The van der Waals surface area contributed by atoms with Gasteiger partial charge >= 0.3 is 0 Å². The van der Waals surface area contributed by atoms with Gasteiger partial charge in [-0.3, -0.25) is 0 Å². The predicted molar refractivity (Wildman–Crippen MR) is 104 cm³/mol. The molecule has 8 heteroatoms. The average molecular weight is 395 g/mol. The second-order valence-corrected chi connectivity index (χ2v) is 8.83. The first-order chi connectivity index (χ1) is 12.6. The number of rotatable bonds is 7.